The van der Waals surface area contributed by atoms with E-state index in [1.807, 2.05) is 54.4 Å². The molecule has 58 heavy (non-hydrogen) atoms. The lowest BCUT2D eigenvalue weighted by Crippen LogP contribution is -2.51. The van der Waals surface area contributed by atoms with E-state index in [-0.39, 0.29) is 11.1 Å². The lowest BCUT2D eigenvalue weighted by Gasteiger charge is -2.60. The van der Waals surface area contributed by atoms with Gasteiger partial charge in [-0.15, -0.1) is 0 Å². The number of likely N-dealkylation sites (tertiary alicyclic amines) is 2. The second-order valence-corrected chi connectivity index (χ2v) is 19.8. The number of allylic oxidation sites excluding steroid dienone is 3. The minimum atomic E-state index is -0.795. The second kappa shape index (κ2) is 16.0. The largest absolute Gasteiger partial charge is 0.480 e. The summed E-state index contributed by atoms with van der Waals surface area (Å²) in [5.41, 5.74) is 12.6. The van der Waals surface area contributed by atoms with Gasteiger partial charge in [0.25, 0.3) is 5.95 Å². The van der Waals surface area contributed by atoms with Crippen molar-refractivity contribution in [2.24, 2.45) is 32.9 Å². The lowest BCUT2D eigenvalue weighted by molar-refractivity contribution is -0.104. The molecule has 310 valence electrons. The van der Waals surface area contributed by atoms with Gasteiger partial charge in [0, 0.05) is 35.5 Å². The van der Waals surface area contributed by atoms with Gasteiger partial charge in [0.2, 0.25) is 5.13 Å². The third kappa shape index (κ3) is 7.98. The first kappa shape index (κ1) is 40.4. The number of dihydropyridines is 1. The number of fused-ring (bicyclic) bond motifs is 3. The van der Waals surface area contributed by atoms with Crippen molar-refractivity contribution in [1.29, 1.82) is 5.41 Å². The van der Waals surface area contributed by atoms with E-state index in [2.05, 4.69) is 52.6 Å². The number of hydrogen-bond donors (Lipinski definition) is 5. The van der Waals surface area contributed by atoms with Gasteiger partial charge in [0.1, 0.15) is 23.2 Å². The third-order valence-corrected chi connectivity index (χ3v) is 15.1. The molecule has 5 heterocycles. The highest BCUT2D eigenvalue weighted by atomic mass is 32.1. The van der Waals surface area contributed by atoms with Gasteiger partial charge < -0.3 is 31.1 Å². The van der Waals surface area contributed by atoms with E-state index in [0.29, 0.717) is 57.9 Å². The number of nitrogens with zero attached hydrogens (tertiary/aromatic N) is 6. The maximum atomic E-state index is 10.7. The number of hydrogen-bond acceptors (Lipinski definition) is 9. The quantitative estimate of drug-likeness (QED) is 0.0730. The summed E-state index contributed by atoms with van der Waals surface area (Å²) in [4.78, 5) is 13.8. The highest BCUT2D eigenvalue weighted by Crippen LogP contribution is 2.65. The molecule has 12 heteroatoms. The Morgan fingerprint density at radius 3 is 2.59 bits per heavy atom. The molecule has 0 amide bonds. The fraction of sp³-hybridized carbons (Fsp3) is 0.565. The van der Waals surface area contributed by atoms with Crippen molar-refractivity contribution < 1.29 is 10.2 Å². The molecule has 0 radical (unpaired) electrons. The Morgan fingerprint density at radius 2 is 1.83 bits per heavy atom. The van der Waals surface area contributed by atoms with Crippen LogP contribution >= 0.6 is 11.3 Å². The van der Waals surface area contributed by atoms with Crippen molar-refractivity contribution in [3.05, 3.63) is 82.5 Å². The first-order valence-corrected chi connectivity index (χ1v) is 22.4. The Bertz CT molecular complexity index is 2190. The van der Waals surface area contributed by atoms with E-state index in [9.17, 15) is 15.6 Å². The minimum Gasteiger partial charge on any atom is -0.480 e. The van der Waals surface area contributed by atoms with E-state index in [1.165, 1.54) is 95.2 Å². The van der Waals surface area contributed by atoms with Crippen LogP contribution in [0.25, 0.3) is 15.8 Å². The minimum absolute atomic E-state index is 0.174. The molecule has 2 saturated heterocycles. The van der Waals surface area contributed by atoms with Crippen LogP contribution in [0.5, 0.6) is 0 Å². The summed E-state index contributed by atoms with van der Waals surface area (Å²) in [6, 6.07) is 7.91. The van der Waals surface area contributed by atoms with Crippen molar-refractivity contribution >= 4 is 43.9 Å². The lowest BCUT2D eigenvalue weighted by atomic mass is 9.45. The number of aliphatic hydroxyl groups is 2. The van der Waals surface area contributed by atoms with Crippen LogP contribution in [-0.4, -0.2) is 72.6 Å². The number of benzene rings is 1. The summed E-state index contributed by atoms with van der Waals surface area (Å²) >= 11 is 1.49. The Hall–Kier alpha value is -4.42. The van der Waals surface area contributed by atoms with Crippen LogP contribution in [0.15, 0.2) is 76.2 Å². The fourth-order valence-electron chi connectivity index (χ4n) is 11.9. The number of amidine groups is 2. The molecule has 6 N–H and O–H groups in total. The Labute approximate surface area is 348 Å². The molecule has 2 aliphatic carbocycles. The molecule has 3 aliphatic heterocycles. The number of aromatic nitrogens is 3. The molecular formula is C46H63N9O2S. The predicted molar refractivity (Wildman–Crippen MR) is 236 cm³/mol. The zero-order valence-electron chi connectivity index (χ0n) is 35.2. The van der Waals surface area contributed by atoms with Crippen LogP contribution < -0.4 is 11.1 Å². The molecule has 2 aromatic heterocycles. The van der Waals surface area contributed by atoms with E-state index < -0.39 is 5.95 Å². The van der Waals surface area contributed by atoms with Gasteiger partial charge in [-0.1, -0.05) is 50.7 Å². The molecule has 4 fully saturated rings. The predicted octanol–water partition coefficient (Wildman–Crippen LogP) is 9.87. The standard InChI is InChI=1S/C46H63N9O2S/c1-6-44(5)26-45(18-12-21-53-19-9-10-20-53)23-30(2)24-46(27-44,28-45)29-55-32(4)35(25-49-55)34-16-17-38(51-39(34)42(56)57)54-22-11-13-33(41(54)48)31(3)40(47)52-43-50-36-14-7-8-15-37(36)58-43/h7-8,14-17,25,30,48,51,56-57H,6,9-13,18-24,26-29H2,1-5H3,(H2,47,50,52)/b33-31-,48-41?/t30?,44-,45?,46?/m1/s1. The van der Waals surface area contributed by atoms with Gasteiger partial charge in [0.05, 0.1) is 16.4 Å². The molecular weight excluding hydrogens is 743 g/mol. The topological polar surface area (TPSA) is 152 Å². The molecule has 3 aromatic rings. The van der Waals surface area contributed by atoms with Crippen LogP contribution in [-0.2, 0) is 6.54 Å². The first-order valence-electron chi connectivity index (χ1n) is 21.6. The summed E-state index contributed by atoms with van der Waals surface area (Å²) in [6.07, 6.45) is 20.1. The van der Waals surface area contributed by atoms with Gasteiger partial charge in [-0.3, -0.25) is 10.1 Å². The van der Waals surface area contributed by atoms with Gasteiger partial charge in [0.15, 0.2) is 0 Å². The number of aliphatic hydroxyl groups excluding tert-OH is 1. The molecule has 3 unspecified atom stereocenters. The fourth-order valence-corrected chi connectivity index (χ4v) is 12.8. The molecule has 2 bridgehead atoms. The van der Waals surface area contributed by atoms with E-state index >= 15 is 0 Å². The average Bonchev–Trinajstić information content (AvgIpc) is 3.94. The Balaban J connectivity index is 1.03. The summed E-state index contributed by atoms with van der Waals surface area (Å²) in [5.74, 6) is 1.13. The molecule has 0 spiro atoms. The summed E-state index contributed by atoms with van der Waals surface area (Å²) in [6.45, 7) is 16.7. The number of thiazole rings is 1. The summed E-state index contributed by atoms with van der Waals surface area (Å²) in [7, 11) is 0. The highest BCUT2D eigenvalue weighted by molar-refractivity contribution is 7.22. The monoisotopic (exact) mass is 805 g/mol. The van der Waals surface area contributed by atoms with Gasteiger partial charge in [-0.2, -0.15) is 5.10 Å². The average molecular weight is 806 g/mol. The zero-order chi connectivity index (χ0) is 40.8. The van der Waals surface area contributed by atoms with Crippen molar-refractivity contribution in [1.82, 2.24) is 29.9 Å². The molecule has 1 aromatic carbocycles. The molecule has 2 saturated carbocycles. The van der Waals surface area contributed by atoms with Gasteiger partial charge in [-0.25, -0.2) is 9.98 Å². The first-order chi connectivity index (χ1) is 27.8. The Morgan fingerprint density at radius 1 is 1.07 bits per heavy atom. The van der Waals surface area contributed by atoms with Crippen molar-refractivity contribution in [3.63, 3.8) is 0 Å². The number of rotatable bonds is 11. The van der Waals surface area contributed by atoms with Crippen LogP contribution in [0.1, 0.15) is 116 Å². The van der Waals surface area contributed by atoms with Crippen molar-refractivity contribution in [2.75, 3.05) is 26.2 Å². The normalized spacial score (nSPS) is 29.1. The summed E-state index contributed by atoms with van der Waals surface area (Å²) < 4.78 is 3.25. The highest BCUT2D eigenvalue weighted by Gasteiger charge is 2.55. The smallest absolute Gasteiger partial charge is 0.299 e. The second-order valence-electron chi connectivity index (χ2n) is 18.8. The maximum Gasteiger partial charge on any atom is 0.299 e. The number of para-hydroxylation sites is 1. The van der Waals surface area contributed by atoms with Crippen LogP contribution in [0.2, 0.25) is 0 Å². The third-order valence-electron chi connectivity index (χ3n) is 14.2. The number of piperidine rings is 1. The number of nitrogens with two attached hydrogens (primary N) is 1. The summed E-state index contributed by atoms with van der Waals surface area (Å²) in [5, 5.41) is 39.6. The van der Waals surface area contributed by atoms with Crippen LogP contribution in [0.3, 0.4) is 0 Å². The molecule has 8 rings (SSSR count). The van der Waals surface area contributed by atoms with Crippen LogP contribution in [0, 0.1) is 34.5 Å². The molecule has 5 aliphatic rings. The molecule has 4 atom stereocenters. The SMILES string of the molecule is CC[C@]1(C)CC2(CCCN3CCCC3)CC(C)CC(Cn3ncc(C4=CC=C(N5CCC/C(=C(C)/C(N)=N\c6nc7ccccc7s6)C5=N)NC4=C(O)O)c3C)(C2)C1. The van der Waals surface area contributed by atoms with E-state index in [0.717, 1.165) is 45.6 Å². The van der Waals surface area contributed by atoms with Gasteiger partial charge in [-0.05, 0) is 156 Å². The number of nitrogens with one attached hydrogen (secondary N) is 2. The zero-order valence-corrected chi connectivity index (χ0v) is 36.0. The van der Waals surface area contributed by atoms with Gasteiger partial charge >= 0.3 is 0 Å². The number of aliphatic imine (C=N–C) groups is 1. The van der Waals surface area contributed by atoms with Crippen LogP contribution in [0.4, 0.5) is 5.13 Å². The Kier molecular flexibility index (Phi) is 11.1. The maximum absolute atomic E-state index is 10.7. The van der Waals surface area contributed by atoms with Crippen molar-refractivity contribution in [3.8, 4) is 0 Å². The van der Waals surface area contributed by atoms with E-state index in [1.54, 1.807) is 0 Å². The van der Waals surface area contributed by atoms with E-state index in [4.69, 9.17) is 10.8 Å². The van der Waals surface area contributed by atoms with Crippen molar-refractivity contribution in [2.45, 2.75) is 118 Å². The molecule has 11 nitrogen and oxygen atoms in total.